The van der Waals surface area contributed by atoms with Crippen molar-refractivity contribution < 1.29 is 23.0 Å². The van der Waals surface area contributed by atoms with Gasteiger partial charge < -0.3 is 20.1 Å². The average Bonchev–Trinajstić information content (AvgIpc) is 2.81. The monoisotopic (exact) mass is 457 g/mol. The van der Waals surface area contributed by atoms with Crippen LogP contribution in [0.15, 0.2) is 48.8 Å². The number of nitrogens with one attached hydrogen (secondary N) is 2. The standard InChI is InChI=1S/C21H14ClF2N5O3/c22-15-5-4-12(19(30)29-14-3-1-2-13(9-14)21(23,24)10-25)8-16(15)32-20-17-18(27-11-28-20)26-6-7-31-17/h1-5,8-9,11H,6-7H2,(H,29,30)(H,26,27,28). The second kappa shape index (κ2) is 8.64. The molecule has 0 radical (unpaired) electrons. The zero-order valence-corrected chi connectivity index (χ0v) is 17.0. The third-order valence-corrected chi connectivity index (χ3v) is 4.75. The van der Waals surface area contributed by atoms with Crippen LogP contribution in [0.1, 0.15) is 15.9 Å². The number of hydrogen-bond acceptors (Lipinski definition) is 7. The molecule has 3 aromatic rings. The fraction of sp³-hybridized carbons (Fsp3) is 0.143. The SMILES string of the molecule is N#CC(F)(F)c1cccc(NC(=O)c2ccc(Cl)c(Oc3ncnc4c3OCCN4)c2)c1. The highest BCUT2D eigenvalue weighted by Gasteiger charge is 2.31. The van der Waals surface area contributed by atoms with E-state index in [9.17, 15) is 13.6 Å². The lowest BCUT2D eigenvalue weighted by molar-refractivity contribution is 0.0613. The van der Waals surface area contributed by atoms with Gasteiger partial charge in [-0.2, -0.15) is 19.0 Å². The molecular weight excluding hydrogens is 444 g/mol. The van der Waals surface area contributed by atoms with Crippen LogP contribution in [0.3, 0.4) is 0 Å². The summed E-state index contributed by atoms with van der Waals surface area (Å²) < 4.78 is 38.6. The van der Waals surface area contributed by atoms with E-state index in [1.54, 1.807) is 0 Å². The van der Waals surface area contributed by atoms with Crippen molar-refractivity contribution in [2.75, 3.05) is 23.8 Å². The van der Waals surface area contributed by atoms with Gasteiger partial charge in [0.15, 0.2) is 5.82 Å². The summed E-state index contributed by atoms with van der Waals surface area (Å²) in [5.74, 6) is -3.21. The zero-order chi connectivity index (χ0) is 22.7. The summed E-state index contributed by atoms with van der Waals surface area (Å²) in [4.78, 5) is 20.8. The Hall–Kier alpha value is -3.97. The van der Waals surface area contributed by atoms with Gasteiger partial charge in [-0.15, -0.1) is 0 Å². The van der Waals surface area contributed by atoms with Crippen molar-refractivity contribution in [2.45, 2.75) is 5.92 Å². The molecule has 1 aliphatic rings. The van der Waals surface area contributed by atoms with E-state index in [1.807, 2.05) is 0 Å². The minimum absolute atomic E-state index is 0.101. The van der Waals surface area contributed by atoms with Gasteiger partial charge in [0.05, 0.1) is 11.6 Å². The predicted octanol–water partition coefficient (Wildman–Crippen LogP) is 4.59. The van der Waals surface area contributed by atoms with Gasteiger partial charge in [-0.05, 0) is 30.3 Å². The topological polar surface area (TPSA) is 109 Å². The molecule has 11 heteroatoms. The van der Waals surface area contributed by atoms with Gasteiger partial charge in [-0.1, -0.05) is 23.7 Å². The van der Waals surface area contributed by atoms with Crippen LogP contribution < -0.4 is 20.1 Å². The van der Waals surface area contributed by atoms with Crippen molar-refractivity contribution in [2.24, 2.45) is 0 Å². The van der Waals surface area contributed by atoms with Crippen LogP contribution >= 0.6 is 11.6 Å². The number of amides is 1. The lowest BCUT2D eigenvalue weighted by Crippen LogP contribution is -2.19. The number of fused-ring (bicyclic) bond motifs is 1. The number of carbonyl (C=O) groups excluding carboxylic acids is 1. The van der Waals surface area contributed by atoms with Crippen LogP contribution in [0.4, 0.5) is 20.3 Å². The molecule has 1 aliphatic heterocycles. The summed E-state index contributed by atoms with van der Waals surface area (Å²) in [5.41, 5.74) is -0.270. The number of hydrogen-bond donors (Lipinski definition) is 2. The summed E-state index contributed by atoms with van der Waals surface area (Å²) in [6, 6.07) is 10.1. The highest BCUT2D eigenvalue weighted by atomic mass is 35.5. The fourth-order valence-corrected chi connectivity index (χ4v) is 3.05. The second-order valence-electron chi connectivity index (χ2n) is 6.60. The first-order chi connectivity index (χ1) is 15.4. The van der Waals surface area contributed by atoms with Crippen molar-refractivity contribution in [3.63, 3.8) is 0 Å². The number of nitriles is 1. The molecule has 0 spiro atoms. The molecule has 0 fully saturated rings. The smallest absolute Gasteiger partial charge is 0.357 e. The maximum absolute atomic E-state index is 13.6. The molecule has 0 atom stereocenters. The third-order valence-electron chi connectivity index (χ3n) is 4.44. The first-order valence-corrected chi connectivity index (χ1v) is 9.65. The van der Waals surface area contributed by atoms with Gasteiger partial charge >= 0.3 is 5.92 Å². The van der Waals surface area contributed by atoms with E-state index < -0.39 is 17.4 Å². The maximum atomic E-state index is 13.6. The minimum atomic E-state index is -3.67. The molecule has 8 nitrogen and oxygen atoms in total. The van der Waals surface area contributed by atoms with Gasteiger partial charge in [0, 0.05) is 16.8 Å². The molecule has 2 aromatic carbocycles. The van der Waals surface area contributed by atoms with Crippen LogP contribution in [0, 0.1) is 11.3 Å². The van der Waals surface area contributed by atoms with Crippen molar-refractivity contribution in [3.05, 3.63) is 64.9 Å². The molecule has 4 rings (SSSR count). The highest BCUT2D eigenvalue weighted by molar-refractivity contribution is 6.32. The van der Waals surface area contributed by atoms with Crippen LogP contribution in [-0.4, -0.2) is 29.0 Å². The first-order valence-electron chi connectivity index (χ1n) is 9.27. The van der Waals surface area contributed by atoms with Crippen molar-refractivity contribution in [3.8, 4) is 23.4 Å². The lowest BCUT2D eigenvalue weighted by atomic mass is 10.1. The molecule has 1 amide bonds. The van der Waals surface area contributed by atoms with Crippen LogP contribution in [0.25, 0.3) is 0 Å². The summed E-state index contributed by atoms with van der Waals surface area (Å²) in [5, 5.41) is 14.4. The zero-order valence-electron chi connectivity index (χ0n) is 16.2. The number of halogens is 3. The minimum Gasteiger partial charge on any atom is -0.483 e. The molecule has 32 heavy (non-hydrogen) atoms. The van der Waals surface area contributed by atoms with Crippen LogP contribution in [0.2, 0.25) is 5.02 Å². The second-order valence-corrected chi connectivity index (χ2v) is 7.01. The Morgan fingerprint density at radius 1 is 1.28 bits per heavy atom. The lowest BCUT2D eigenvalue weighted by Gasteiger charge is -2.19. The van der Waals surface area contributed by atoms with E-state index in [0.717, 1.165) is 18.2 Å². The predicted molar refractivity (Wildman–Crippen MR) is 111 cm³/mol. The summed E-state index contributed by atoms with van der Waals surface area (Å²) in [6.45, 7) is 0.984. The van der Waals surface area contributed by atoms with Gasteiger partial charge in [0.25, 0.3) is 11.8 Å². The Balaban J connectivity index is 1.57. The van der Waals surface area contributed by atoms with E-state index in [-0.39, 0.29) is 27.9 Å². The molecule has 2 heterocycles. The van der Waals surface area contributed by atoms with Crippen molar-refractivity contribution in [1.29, 1.82) is 5.26 Å². The maximum Gasteiger partial charge on any atom is 0.357 e. The molecule has 1 aromatic heterocycles. The van der Waals surface area contributed by atoms with Gasteiger partial charge in [0.1, 0.15) is 24.8 Å². The van der Waals surface area contributed by atoms with E-state index in [0.29, 0.717) is 24.7 Å². The fourth-order valence-electron chi connectivity index (χ4n) is 2.90. The van der Waals surface area contributed by atoms with Gasteiger partial charge in [0.2, 0.25) is 5.75 Å². The number of nitrogens with zero attached hydrogens (tertiary/aromatic N) is 3. The number of aromatic nitrogens is 2. The number of anilines is 2. The summed E-state index contributed by atoms with van der Waals surface area (Å²) in [6.07, 6.45) is 1.30. The van der Waals surface area contributed by atoms with Crippen LogP contribution in [-0.2, 0) is 5.92 Å². The number of rotatable bonds is 5. The van der Waals surface area contributed by atoms with E-state index in [2.05, 4.69) is 20.6 Å². The highest BCUT2D eigenvalue weighted by Crippen LogP contribution is 2.38. The molecule has 0 bridgehead atoms. The normalized spacial score (nSPS) is 12.6. The molecular formula is C21H14ClF2N5O3. The Bertz CT molecular complexity index is 1230. The Labute approximate surface area is 185 Å². The number of alkyl halides is 2. The van der Waals surface area contributed by atoms with Crippen molar-refractivity contribution >= 4 is 29.0 Å². The Kier molecular flexibility index (Phi) is 5.75. The summed E-state index contributed by atoms with van der Waals surface area (Å²) >= 11 is 6.21. The average molecular weight is 458 g/mol. The van der Waals surface area contributed by atoms with Crippen LogP contribution in [0.5, 0.6) is 17.4 Å². The van der Waals surface area contributed by atoms with Gasteiger partial charge in [-0.25, -0.2) is 4.98 Å². The van der Waals surface area contributed by atoms with E-state index in [1.165, 1.54) is 36.7 Å². The first kappa shape index (κ1) is 21.3. The quantitative estimate of drug-likeness (QED) is 0.576. The van der Waals surface area contributed by atoms with Gasteiger partial charge in [-0.3, -0.25) is 4.79 Å². The molecule has 0 saturated carbocycles. The molecule has 162 valence electrons. The van der Waals surface area contributed by atoms with E-state index >= 15 is 0 Å². The number of carbonyl (C=O) groups is 1. The van der Waals surface area contributed by atoms with Crippen molar-refractivity contribution in [1.82, 2.24) is 9.97 Å². The summed E-state index contributed by atoms with van der Waals surface area (Å²) in [7, 11) is 0. The Morgan fingerprint density at radius 3 is 2.94 bits per heavy atom. The number of ether oxygens (including phenoxy) is 2. The largest absolute Gasteiger partial charge is 0.483 e. The third kappa shape index (κ3) is 4.38. The molecule has 2 N–H and O–H groups in total. The molecule has 0 saturated heterocycles. The molecule has 0 aliphatic carbocycles. The molecule has 0 unspecified atom stereocenters. The number of benzene rings is 2. The Morgan fingerprint density at radius 2 is 2.12 bits per heavy atom. The van der Waals surface area contributed by atoms with E-state index in [4.69, 9.17) is 26.3 Å².